The van der Waals surface area contributed by atoms with Crippen LogP contribution in [-0.2, 0) is 20.0 Å². The number of phenolic OH excluding ortho intramolecular Hbond substituents is 2. The van der Waals surface area contributed by atoms with E-state index in [1.54, 1.807) is 0 Å². The molecule has 4 rings (SSSR count). The van der Waals surface area contributed by atoms with Crippen LogP contribution in [0.25, 0.3) is 5.76 Å². The predicted molar refractivity (Wildman–Crippen MR) is 117 cm³/mol. The zero-order valence-electron chi connectivity index (χ0n) is 18.3. The number of carbonyl (C=O) groups excluding carboxylic acids is 3. The van der Waals surface area contributed by atoms with Crippen LogP contribution in [0, 0.1) is 11.8 Å². The summed E-state index contributed by atoms with van der Waals surface area (Å²) in [7, 11) is 2.91. The molecule has 0 unspecified atom stereocenters. The number of hydrogen-bond donors (Lipinski definition) is 7. The van der Waals surface area contributed by atoms with E-state index in [0.29, 0.717) is 0 Å². The summed E-state index contributed by atoms with van der Waals surface area (Å²) in [5.41, 5.74) is -1.83. The van der Waals surface area contributed by atoms with Crippen LogP contribution >= 0.6 is 11.6 Å². The van der Waals surface area contributed by atoms with E-state index in [0.717, 1.165) is 6.07 Å². The number of primary amides is 1. The number of carbonyl (C=O) groups is 3. The lowest BCUT2D eigenvalue weighted by Crippen LogP contribution is -2.67. The standard InChI is InChI=1S/C22H23ClN2O9/c1-21(33)6-4-7-15(25(2)3)17(29)12(20(24)32)19(31)22(7,34)18(30)10(6)16(28)11-8(26)5-9(27)14(23)13(11)21/h5-7,15,26-28,31,33-34H,4H2,1-3H3,(H2,24,32)/t6-,7-,15-,21-,22-/m0/s1. The van der Waals surface area contributed by atoms with Crippen molar-refractivity contribution in [1.29, 1.82) is 0 Å². The second-order valence-corrected chi connectivity index (χ2v) is 9.62. The molecule has 1 saturated carbocycles. The van der Waals surface area contributed by atoms with E-state index in [-0.39, 0.29) is 17.0 Å². The van der Waals surface area contributed by atoms with Crippen molar-refractivity contribution in [2.24, 2.45) is 17.6 Å². The zero-order chi connectivity index (χ0) is 25.7. The molecule has 1 aromatic carbocycles. The highest BCUT2D eigenvalue weighted by molar-refractivity contribution is 6.33. The molecule has 5 atom stereocenters. The van der Waals surface area contributed by atoms with Gasteiger partial charge in [-0.1, -0.05) is 11.6 Å². The first-order chi connectivity index (χ1) is 15.6. The minimum Gasteiger partial charge on any atom is -0.508 e. The summed E-state index contributed by atoms with van der Waals surface area (Å²) in [6.45, 7) is 1.24. The molecule has 0 aliphatic heterocycles. The Bertz CT molecular complexity index is 1250. The van der Waals surface area contributed by atoms with Gasteiger partial charge in [0.15, 0.2) is 11.4 Å². The smallest absolute Gasteiger partial charge is 0.255 e. The van der Waals surface area contributed by atoms with E-state index < -0.39 is 86.3 Å². The van der Waals surface area contributed by atoms with Gasteiger partial charge in [-0.2, -0.15) is 0 Å². The largest absolute Gasteiger partial charge is 0.508 e. The normalized spacial score (nSPS) is 33.1. The Hall–Kier alpha value is -3.12. The van der Waals surface area contributed by atoms with Crippen LogP contribution in [0.2, 0.25) is 5.02 Å². The summed E-state index contributed by atoms with van der Waals surface area (Å²) < 4.78 is 0. The number of halogens is 1. The minimum absolute atomic E-state index is 0.253. The van der Waals surface area contributed by atoms with Crippen LogP contribution in [0.5, 0.6) is 11.5 Å². The molecule has 0 bridgehead atoms. The highest BCUT2D eigenvalue weighted by atomic mass is 35.5. The number of hydrogen-bond acceptors (Lipinski definition) is 10. The van der Waals surface area contributed by atoms with Crippen LogP contribution in [0.3, 0.4) is 0 Å². The van der Waals surface area contributed by atoms with E-state index >= 15 is 0 Å². The van der Waals surface area contributed by atoms with E-state index in [1.165, 1.54) is 25.9 Å². The van der Waals surface area contributed by atoms with Gasteiger partial charge in [-0.05, 0) is 27.4 Å². The van der Waals surface area contributed by atoms with Crippen molar-refractivity contribution in [1.82, 2.24) is 4.90 Å². The van der Waals surface area contributed by atoms with Crippen molar-refractivity contribution in [2.75, 3.05) is 14.1 Å². The van der Waals surface area contributed by atoms with Crippen LogP contribution in [0.1, 0.15) is 24.5 Å². The molecule has 1 amide bonds. The average Bonchev–Trinajstić information content (AvgIpc) is 2.70. The fourth-order valence-electron chi connectivity index (χ4n) is 5.62. The van der Waals surface area contributed by atoms with Gasteiger partial charge in [0.2, 0.25) is 5.78 Å². The predicted octanol–water partition coefficient (Wildman–Crippen LogP) is -0.0120. The molecule has 0 spiro atoms. The van der Waals surface area contributed by atoms with Gasteiger partial charge in [0.25, 0.3) is 5.91 Å². The van der Waals surface area contributed by atoms with Gasteiger partial charge < -0.3 is 36.4 Å². The van der Waals surface area contributed by atoms with Crippen LogP contribution < -0.4 is 5.73 Å². The Morgan fingerprint density at radius 1 is 1.15 bits per heavy atom. The van der Waals surface area contributed by atoms with E-state index in [2.05, 4.69) is 0 Å². The number of likely N-dealkylation sites (N-methyl/N-ethyl adjacent to an activating group) is 1. The van der Waals surface area contributed by atoms with Gasteiger partial charge in [0, 0.05) is 29.0 Å². The van der Waals surface area contributed by atoms with E-state index in [4.69, 9.17) is 17.3 Å². The summed E-state index contributed by atoms with van der Waals surface area (Å²) in [5, 5.41) is 64.9. The molecule has 0 radical (unpaired) electrons. The monoisotopic (exact) mass is 494 g/mol. The Morgan fingerprint density at radius 2 is 1.74 bits per heavy atom. The molecular weight excluding hydrogens is 472 g/mol. The molecule has 34 heavy (non-hydrogen) atoms. The second-order valence-electron chi connectivity index (χ2n) is 9.24. The number of nitrogens with zero attached hydrogens (tertiary/aromatic N) is 1. The van der Waals surface area contributed by atoms with Crippen molar-refractivity contribution in [2.45, 2.75) is 30.6 Å². The number of phenols is 2. The molecule has 0 heterocycles. The molecule has 0 aromatic heterocycles. The van der Waals surface area contributed by atoms with Crippen molar-refractivity contribution in [3.8, 4) is 11.5 Å². The molecule has 8 N–H and O–H groups in total. The third-order valence-corrected chi connectivity index (χ3v) is 7.55. The summed E-state index contributed by atoms with van der Waals surface area (Å²) in [6, 6.07) is -0.496. The summed E-state index contributed by atoms with van der Waals surface area (Å²) in [5.74, 6) is -9.57. The first-order valence-electron chi connectivity index (χ1n) is 10.2. The molecule has 11 nitrogen and oxygen atoms in total. The van der Waals surface area contributed by atoms with Crippen molar-refractivity contribution >= 4 is 34.8 Å². The highest BCUT2D eigenvalue weighted by Crippen LogP contribution is 2.59. The number of nitrogens with two attached hydrogens (primary N) is 1. The Balaban J connectivity index is 2.08. The Kier molecular flexibility index (Phi) is 5.08. The number of aromatic hydroxyl groups is 2. The number of fused-ring (bicyclic) bond motifs is 3. The van der Waals surface area contributed by atoms with Gasteiger partial charge in [0.05, 0.1) is 22.2 Å². The topological polar surface area (TPSA) is 202 Å². The first kappa shape index (κ1) is 24.0. The Morgan fingerprint density at radius 3 is 2.26 bits per heavy atom. The number of ketones is 2. The van der Waals surface area contributed by atoms with Crippen molar-refractivity contribution in [3.05, 3.63) is 39.1 Å². The Labute approximate surface area is 198 Å². The molecular formula is C22H23ClN2O9. The third kappa shape index (κ3) is 2.72. The van der Waals surface area contributed by atoms with Gasteiger partial charge in [-0.25, -0.2) is 0 Å². The molecule has 3 aliphatic rings. The number of aliphatic hydroxyl groups is 4. The lowest BCUT2D eigenvalue weighted by atomic mass is 9.54. The summed E-state index contributed by atoms with van der Waals surface area (Å²) >= 11 is 6.19. The number of Topliss-reactive ketones (excluding diaryl/α,β-unsaturated/α-hetero) is 2. The van der Waals surface area contributed by atoms with Crippen LogP contribution in [0.4, 0.5) is 0 Å². The molecule has 3 aliphatic carbocycles. The fraction of sp³-hybridized carbons (Fsp3) is 0.409. The van der Waals surface area contributed by atoms with Crippen molar-refractivity contribution in [3.63, 3.8) is 0 Å². The van der Waals surface area contributed by atoms with Crippen molar-refractivity contribution < 1.29 is 45.0 Å². The summed E-state index contributed by atoms with van der Waals surface area (Å²) in [4.78, 5) is 40.1. The maximum atomic E-state index is 13.7. The van der Waals surface area contributed by atoms with Gasteiger partial charge >= 0.3 is 0 Å². The maximum absolute atomic E-state index is 13.7. The fourth-order valence-corrected chi connectivity index (χ4v) is 5.96. The zero-order valence-corrected chi connectivity index (χ0v) is 19.1. The minimum atomic E-state index is -2.84. The lowest BCUT2D eigenvalue weighted by Gasteiger charge is -2.53. The number of aliphatic hydroxyl groups excluding tert-OH is 2. The first-order valence-corrected chi connectivity index (χ1v) is 10.6. The number of benzene rings is 1. The quantitative estimate of drug-likeness (QED) is 0.274. The summed E-state index contributed by atoms with van der Waals surface area (Å²) in [6.07, 6.45) is -0.342. The number of rotatable bonds is 2. The molecule has 0 saturated heterocycles. The SMILES string of the molecule is CN(C)[C@@H]1C(=O)C(C(N)=O)=C(O)[C@@]2(O)C(=O)C3=C(O)c4c(O)cc(O)c(Cl)c4[C@@](C)(O)[C@H]3C[C@@H]12. The lowest BCUT2D eigenvalue weighted by molar-refractivity contribution is -0.159. The van der Waals surface area contributed by atoms with Gasteiger partial charge in [-0.3, -0.25) is 19.3 Å². The van der Waals surface area contributed by atoms with Gasteiger partial charge in [0.1, 0.15) is 28.6 Å². The number of amides is 1. The van der Waals surface area contributed by atoms with E-state index in [9.17, 15) is 45.0 Å². The van der Waals surface area contributed by atoms with Gasteiger partial charge in [-0.15, -0.1) is 0 Å². The highest BCUT2D eigenvalue weighted by Gasteiger charge is 2.66. The second kappa shape index (κ2) is 7.19. The molecule has 12 heteroatoms. The molecule has 1 fully saturated rings. The molecule has 1 aromatic rings. The van der Waals surface area contributed by atoms with Crippen LogP contribution in [0.15, 0.2) is 23.0 Å². The van der Waals surface area contributed by atoms with E-state index in [1.807, 2.05) is 0 Å². The third-order valence-electron chi connectivity index (χ3n) is 7.16. The van der Waals surface area contributed by atoms with Crippen LogP contribution in [-0.4, -0.2) is 78.8 Å². The molecule has 182 valence electrons. The average molecular weight is 495 g/mol. The maximum Gasteiger partial charge on any atom is 0.255 e.